The molecule has 1 N–H and O–H groups in total. The lowest BCUT2D eigenvalue weighted by atomic mass is 9.79. The maximum Gasteiger partial charge on any atom is 0.262 e. The van der Waals surface area contributed by atoms with Gasteiger partial charge in [0.1, 0.15) is 17.2 Å². The first-order valence-electron chi connectivity index (χ1n) is 17.8. The van der Waals surface area contributed by atoms with Crippen molar-refractivity contribution in [1.82, 2.24) is 33.9 Å². The van der Waals surface area contributed by atoms with Gasteiger partial charge >= 0.3 is 0 Å². The van der Waals surface area contributed by atoms with Crippen molar-refractivity contribution in [2.45, 2.75) is 43.9 Å². The van der Waals surface area contributed by atoms with E-state index in [2.05, 4.69) is 32.0 Å². The van der Waals surface area contributed by atoms with E-state index >= 15 is 0 Å². The second-order valence-electron chi connectivity index (χ2n) is 14.0. The maximum absolute atomic E-state index is 14.2. The Morgan fingerprint density at radius 1 is 0.981 bits per heavy atom. The number of aromatic nitrogens is 5. The number of aliphatic hydroxyl groups is 1. The van der Waals surface area contributed by atoms with Crippen LogP contribution >= 0.6 is 11.3 Å². The van der Waals surface area contributed by atoms with Gasteiger partial charge in [0.05, 0.1) is 24.6 Å². The minimum Gasteiger partial charge on any atom is -0.481 e. The quantitative estimate of drug-likeness (QED) is 0.207. The Hall–Kier alpha value is -5.24. The second kappa shape index (κ2) is 14.6. The molecule has 8 rings (SSSR count). The largest absolute Gasteiger partial charge is 0.481 e. The minimum atomic E-state index is -1.16. The molecule has 2 saturated heterocycles. The molecule has 2 aliphatic rings. The Kier molecular flexibility index (Phi) is 9.62. The third-order valence-electron chi connectivity index (χ3n) is 10.6. The highest BCUT2D eigenvalue weighted by Crippen LogP contribution is 2.37. The summed E-state index contributed by atoms with van der Waals surface area (Å²) in [7, 11) is 1.60. The first kappa shape index (κ1) is 34.8. The van der Waals surface area contributed by atoms with E-state index in [1.165, 1.54) is 23.0 Å². The third kappa shape index (κ3) is 7.24. The van der Waals surface area contributed by atoms with Gasteiger partial charge < -0.3 is 19.3 Å². The summed E-state index contributed by atoms with van der Waals surface area (Å²) in [6.07, 6.45) is 8.34. The summed E-state index contributed by atoms with van der Waals surface area (Å²) in [4.78, 5) is 46.7. The van der Waals surface area contributed by atoms with Crippen LogP contribution in [0.15, 0.2) is 103 Å². The Morgan fingerprint density at radius 2 is 1.77 bits per heavy atom. The molecule has 2 atom stereocenters. The topological polar surface area (TPSA) is 119 Å². The number of hydrogen-bond donors (Lipinski definition) is 1. The molecule has 53 heavy (non-hydrogen) atoms. The number of benzene rings is 2. The molecule has 272 valence electrons. The predicted molar refractivity (Wildman–Crippen MR) is 201 cm³/mol. The molecule has 2 fully saturated rings. The molecule has 2 aromatic carbocycles. The molecule has 0 radical (unpaired) electrons. The van der Waals surface area contributed by atoms with Crippen LogP contribution in [0.5, 0.6) is 5.88 Å². The van der Waals surface area contributed by atoms with E-state index in [1.807, 2.05) is 41.4 Å². The zero-order valence-electron chi connectivity index (χ0n) is 29.3. The standard InChI is InChI=1S/C40H40FN7O4S/c1-52-35-12-7-28(21-42-35)37-43-22-31(53-37)23-45-17-13-32(34(24-45)27-5-3-2-4-6-27)38(49)46-19-15-40(51,16-20-46)25-47-26-44-36-33(39(47)50)14-18-48(36)30-10-8-29(41)9-11-30/h2-12,14,18,21-22,26,32,34,51H,13,15-17,19-20,23-25H2,1H3/t32-,34+/m1/s1. The fourth-order valence-electron chi connectivity index (χ4n) is 7.69. The van der Waals surface area contributed by atoms with Gasteiger partial charge in [-0.15, -0.1) is 11.3 Å². The summed E-state index contributed by atoms with van der Waals surface area (Å²) in [5.74, 6) is 0.187. The zero-order valence-corrected chi connectivity index (χ0v) is 30.2. The molecule has 0 saturated carbocycles. The fraction of sp³-hybridized carbons (Fsp3) is 0.325. The number of likely N-dealkylation sites (tertiary alicyclic amines) is 2. The smallest absolute Gasteiger partial charge is 0.262 e. The van der Waals surface area contributed by atoms with E-state index in [4.69, 9.17) is 4.74 Å². The van der Waals surface area contributed by atoms with Crippen LogP contribution in [-0.2, 0) is 17.9 Å². The first-order chi connectivity index (χ1) is 25.8. The third-order valence-corrected chi connectivity index (χ3v) is 11.6. The van der Waals surface area contributed by atoms with Gasteiger partial charge in [-0.05, 0) is 67.8 Å². The van der Waals surface area contributed by atoms with E-state index in [9.17, 15) is 19.1 Å². The number of ether oxygens (including phenoxy) is 1. The average molecular weight is 734 g/mol. The van der Waals surface area contributed by atoms with Gasteiger partial charge in [-0.2, -0.15) is 0 Å². The molecule has 1 amide bonds. The molecule has 6 heterocycles. The fourth-order valence-corrected chi connectivity index (χ4v) is 8.63. The van der Waals surface area contributed by atoms with Crippen molar-refractivity contribution < 1.29 is 19.0 Å². The lowest BCUT2D eigenvalue weighted by Crippen LogP contribution is -2.53. The number of rotatable bonds is 9. The average Bonchev–Trinajstić information content (AvgIpc) is 3.85. The van der Waals surface area contributed by atoms with Crippen molar-refractivity contribution in [2.24, 2.45) is 5.92 Å². The molecular weight excluding hydrogens is 694 g/mol. The molecule has 13 heteroatoms. The number of carbonyl (C=O) groups excluding carboxylic acids is 1. The number of thiazole rings is 1. The van der Waals surface area contributed by atoms with E-state index in [0.717, 1.165) is 47.1 Å². The molecular formula is C40H40FN7O4S. The summed E-state index contributed by atoms with van der Waals surface area (Å²) in [6, 6.07) is 21.8. The van der Waals surface area contributed by atoms with E-state index in [0.29, 0.717) is 48.5 Å². The van der Waals surface area contributed by atoms with Crippen molar-refractivity contribution in [2.75, 3.05) is 33.3 Å². The molecule has 2 aliphatic heterocycles. The van der Waals surface area contributed by atoms with Crippen LogP contribution in [0.2, 0.25) is 0 Å². The van der Waals surface area contributed by atoms with Gasteiger partial charge in [0.15, 0.2) is 5.65 Å². The van der Waals surface area contributed by atoms with Crippen molar-refractivity contribution in [1.29, 1.82) is 0 Å². The van der Waals surface area contributed by atoms with Gasteiger partial charge in [0, 0.05) is 78.8 Å². The molecule has 4 aromatic heterocycles. The molecule has 11 nitrogen and oxygen atoms in total. The van der Waals surface area contributed by atoms with Crippen LogP contribution in [0.25, 0.3) is 27.3 Å². The summed E-state index contributed by atoms with van der Waals surface area (Å²) >= 11 is 1.65. The van der Waals surface area contributed by atoms with Crippen LogP contribution < -0.4 is 10.3 Å². The van der Waals surface area contributed by atoms with E-state index in [-0.39, 0.29) is 35.7 Å². The zero-order chi connectivity index (χ0) is 36.5. The van der Waals surface area contributed by atoms with Crippen LogP contribution in [-0.4, -0.2) is 83.8 Å². The Morgan fingerprint density at radius 3 is 2.51 bits per heavy atom. The van der Waals surface area contributed by atoms with Gasteiger partial charge in [-0.3, -0.25) is 19.1 Å². The monoisotopic (exact) mass is 733 g/mol. The Labute approximate surface area is 310 Å². The number of nitrogens with zero attached hydrogens (tertiary/aromatic N) is 7. The van der Waals surface area contributed by atoms with Crippen LogP contribution in [0, 0.1) is 11.7 Å². The highest BCUT2D eigenvalue weighted by atomic mass is 32.1. The summed E-state index contributed by atoms with van der Waals surface area (Å²) in [6.45, 7) is 3.18. The van der Waals surface area contributed by atoms with Gasteiger partial charge in [0.25, 0.3) is 5.56 Å². The first-order valence-corrected chi connectivity index (χ1v) is 18.6. The Balaban J connectivity index is 0.922. The number of pyridine rings is 1. The number of hydrogen-bond acceptors (Lipinski definition) is 9. The minimum absolute atomic E-state index is 0.0232. The number of carbonyl (C=O) groups is 1. The normalized spacial score (nSPS) is 19.0. The number of fused-ring (bicyclic) bond motifs is 1. The number of methoxy groups -OCH3 is 1. The number of halogens is 1. The Bertz CT molecular complexity index is 2260. The predicted octanol–water partition coefficient (Wildman–Crippen LogP) is 5.51. The van der Waals surface area contributed by atoms with Crippen molar-refractivity contribution >= 4 is 28.3 Å². The van der Waals surface area contributed by atoms with Gasteiger partial charge in [-0.1, -0.05) is 30.3 Å². The molecule has 0 aliphatic carbocycles. The van der Waals surface area contributed by atoms with Crippen molar-refractivity contribution in [3.63, 3.8) is 0 Å². The van der Waals surface area contributed by atoms with Crippen LogP contribution in [0.1, 0.15) is 35.6 Å². The number of amides is 1. The second-order valence-corrected chi connectivity index (χ2v) is 15.1. The van der Waals surface area contributed by atoms with Crippen LogP contribution in [0.4, 0.5) is 4.39 Å². The highest BCUT2D eigenvalue weighted by Gasteiger charge is 2.41. The number of piperidine rings is 2. The molecule has 0 bridgehead atoms. The molecule has 0 spiro atoms. The molecule has 0 unspecified atom stereocenters. The lowest BCUT2D eigenvalue weighted by Gasteiger charge is -2.43. The lowest BCUT2D eigenvalue weighted by molar-refractivity contribution is -0.142. The van der Waals surface area contributed by atoms with Crippen LogP contribution in [0.3, 0.4) is 0 Å². The van der Waals surface area contributed by atoms with E-state index in [1.54, 1.807) is 53.6 Å². The van der Waals surface area contributed by atoms with Crippen molar-refractivity contribution in [3.8, 4) is 22.1 Å². The summed E-state index contributed by atoms with van der Waals surface area (Å²) in [5.41, 5.74) is 1.84. The summed E-state index contributed by atoms with van der Waals surface area (Å²) in [5, 5.41) is 13.0. The van der Waals surface area contributed by atoms with Gasteiger partial charge in [-0.25, -0.2) is 19.3 Å². The highest BCUT2D eigenvalue weighted by molar-refractivity contribution is 7.15. The maximum atomic E-state index is 14.2. The van der Waals surface area contributed by atoms with Crippen molar-refractivity contribution in [3.05, 3.63) is 124 Å². The molecule has 6 aromatic rings. The van der Waals surface area contributed by atoms with Gasteiger partial charge in [0.2, 0.25) is 11.8 Å². The van der Waals surface area contributed by atoms with E-state index < -0.39 is 5.60 Å². The SMILES string of the molecule is COc1ccc(-c2ncc(CN3CC[C@@H](C(=O)N4CCC(O)(Cn5cnc6c(ccn6-c6ccc(F)cc6)c5=O)CC4)[C@H](c4ccccc4)C3)s2)cn1. The summed E-state index contributed by atoms with van der Waals surface area (Å²) < 4.78 is 21.9.